The van der Waals surface area contributed by atoms with Gasteiger partial charge in [-0.2, -0.15) is 0 Å². The van der Waals surface area contributed by atoms with E-state index in [1.807, 2.05) is 0 Å². The molecule has 0 bridgehead atoms. The van der Waals surface area contributed by atoms with Crippen molar-refractivity contribution in [2.75, 3.05) is 9.44 Å². The summed E-state index contributed by atoms with van der Waals surface area (Å²) in [4.78, 5) is -0.229. The van der Waals surface area contributed by atoms with E-state index >= 15 is 0 Å². The van der Waals surface area contributed by atoms with Crippen LogP contribution in [0.2, 0.25) is 0 Å². The molecule has 0 aliphatic rings. The van der Waals surface area contributed by atoms with Gasteiger partial charge in [-0.3, -0.25) is 9.44 Å². The monoisotopic (exact) mass is 402 g/mol. The average molecular weight is 402 g/mol. The highest BCUT2D eigenvalue weighted by Gasteiger charge is 2.22. The molecule has 0 aliphatic heterocycles. The number of aryl methyl sites for hydroxylation is 1. The van der Waals surface area contributed by atoms with Crippen LogP contribution in [0.4, 0.5) is 11.4 Å². The lowest BCUT2D eigenvalue weighted by Gasteiger charge is -2.13. The minimum atomic E-state index is -3.94. The first kappa shape index (κ1) is 18.9. The fourth-order valence-corrected chi connectivity index (χ4v) is 4.96. The Bertz CT molecular complexity index is 1140. The van der Waals surface area contributed by atoms with Gasteiger partial charge in [0, 0.05) is 11.4 Å². The van der Waals surface area contributed by atoms with Crippen molar-refractivity contribution in [2.45, 2.75) is 16.7 Å². The zero-order chi connectivity index (χ0) is 19.5. The Labute approximate surface area is 159 Å². The highest BCUT2D eigenvalue weighted by atomic mass is 32.2. The van der Waals surface area contributed by atoms with Gasteiger partial charge in [-0.1, -0.05) is 42.5 Å². The molecule has 3 aromatic carbocycles. The van der Waals surface area contributed by atoms with Crippen LogP contribution in [0.3, 0.4) is 0 Å². The van der Waals surface area contributed by atoms with Gasteiger partial charge in [-0.25, -0.2) is 16.8 Å². The van der Waals surface area contributed by atoms with Crippen LogP contribution in [0.15, 0.2) is 88.7 Å². The van der Waals surface area contributed by atoms with Crippen LogP contribution in [0.5, 0.6) is 0 Å². The smallest absolute Gasteiger partial charge is 0.262 e. The second-order valence-corrected chi connectivity index (χ2v) is 9.20. The molecule has 0 atom stereocenters. The molecule has 3 rings (SSSR count). The van der Waals surface area contributed by atoms with E-state index in [4.69, 9.17) is 0 Å². The average Bonchev–Trinajstić information content (AvgIpc) is 2.62. The van der Waals surface area contributed by atoms with Crippen LogP contribution in [0.1, 0.15) is 5.56 Å². The predicted octanol–water partition coefficient (Wildman–Crippen LogP) is 3.60. The summed E-state index contributed by atoms with van der Waals surface area (Å²) in [6, 6.07) is 20.8. The number of anilines is 2. The summed E-state index contributed by atoms with van der Waals surface area (Å²) in [6.45, 7) is 1.61. The third-order valence-electron chi connectivity index (χ3n) is 3.81. The third-order valence-corrected chi connectivity index (χ3v) is 6.71. The first-order chi connectivity index (χ1) is 12.8. The second-order valence-electron chi connectivity index (χ2n) is 5.87. The number of nitrogens with one attached hydrogen (secondary N) is 2. The van der Waals surface area contributed by atoms with Crippen LogP contribution in [0, 0.1) is 6.92 Å². The Morgan fingerprint density at radius 2 is 1.11 bits per heavy atom. The van der Waals surface area contributed by atoms with E-state index < -0.39 is 20.0 Å². The Morgan fingerprint density at radius 3 is 1.63 bits per heavy atom. The summed E-state index contributed by atoms with van der Waals surface area (Å²) in [5.74, 6) is 0. The highest BCUT2D eigenvalue weighted by Crippen LogP contribution is 2.24. The van der Waals surface area contributed by atoms with E-state index in [9.17, 15) is 16.8 Å². The van der Waals surface area contributed by atoms with Crippen LogP contribution in [-0.4, -0.2) is 16.8 Å². The zero-order valence-electron chi connectivity index (χ0n) is 14.5. The topological polar surface area (TPSA) is 92.3 Å². The number of hydrogen-bond donors (Lipinski definition) is 2. The maximum Gasteiger partial charge on any atom is 0.262 e. The van der Waals surface area contributed by atoms with E-state index in [-0.39, 0.29) is 9.79 Å². The van der Waals surface area contributed by atoms with Crippen LogP contribution >= 0.6 is 0 Å². The van der Waals surface area contributed by atoms with Gasteiger partial charge in [-0.15, -0.1) is 0 Å². The van der Waals surface area contributed by atoms with Crippen LogP contribution < -0.4 is 9.44 Å². The fourth-order valence-electron chi connectivity index (χ4n) is 2.47. The molecular formula is C19H18N2O4S2. The maximum atomic E-state index is 12.7. The summed E-state index contributed by atoms with van der Waals surface area (Å²) in [7, 11) is -7.87. The molecule has 0 saturated carbocycles. The Kier molecular flexibility index (Phi) is 5.20. The molecule has 3 aromatic rings. The molecule has 0 aromatic heterocycles. The molecular weight excluding hydrogens is 384 g/mol. The normalized spacial score (nSPS) is 11.7. The largest absolute Gasteiger partial charge is 0.280 e. The Morgan fingerprint density at radius 1 is 0.630 bits per heavy atom. The Hall–Kier alpha value is -2.84. The van der Waals surface area contributed by atoms with Crippen LogP contribution in [-0.2, 0) is 20.0 Å². The standard InChI is InChI=1S/C19H18N2O4S2/c1-15-12-13-18(26(22,23)20-16-8-4-2-5-9-16)14-19(15)27(24,25)21-17-10-6-3-7-11-17/h2-14,20-21H,1H3. The van der Waals surface area contributed by atoms with Gasteiger partial charge in [0.15, 0.2) is 0 Å². The van der Waals surface area contributed by atoms with E-state index in [1.54, 1.807) is 67.6 Å². The van der Waals surface area contributed by atoms with Gasteiger partial charge in [0.1, 0.15) is 0 Å². The Balaban J connectivity index is 1.96. The van der Waals surface area contributed by atoms with E-state index in [1.165, 1.54) is 12.1 Å². The summed E-state index contributed by atoms with van der Waals surface area (Å²) >= 11 is 0. The van der Waals surface area contributed by atoms with Crippen molar-refractivity contribution in [3.8, 4) is 0 Å². The molecule has 0 heterocycles. The molecule has 0 spiro atoms. The fraction of sp³-hybridized carbons (Fsp3) is 0.0526. The number of para-hydroxylation sites is 2. The van der Waals surface area contributed by atoms with Gasteiger partial charge in [0.25, 0.3) is 20.0 Å². The summed E-state index contributed by atoms with van der Waals surface area (Å²) in [5.41, 5.74) is 1.23. The molecule has 0 unspecified atom stereocenters. The van der Waals surface area contributed by atoms with E-state index in [0.29, 0.717) is 16.9 Å². The molecule has 0 saturated heterocycles. The lowest BCUT2D eigenvalue weighted by Crippen LogP contribution is -2.17. The molecule has 0 fully saturated rings. The lowest BCUT2D eigenvalue weighted by molar-refractivity contribution is 0.599. The van der Waals surface area contributed by atoms with Gasteiger partial charge in [0.2, 0.25) is 0 Å². The van der Waals surface area contributed by atoms with Crippen molar-refractivity contribution in [1.82, 2.24) is 0 Å². The van der Waals surface area contributed by atoms with Crippen molar-refractivity contribution < 1.29 is 16.8 Å². The van der Waals surface area contributed by atoms with Crippen molar-refractivity contribution >= 4 is 31.4 Å². The quantitative estimate of drug-likeness (QED) is 0.659. The predicted molar refractivity (Wildman–Crippen MR) is 106 cm³/mol. The van der Waals surface area contributed by atoms with Crippen LogP contribution in [0.25, 0.3) is 0 Å². The highest BCUT2D eigenvalue weighted by molar-refractivity contribution is 7.93. The van der Waals surface area contributed by atoms with E-state index in [0.717, 1.165) is 6.07 Å². The van der Waals surface area contributed by atoms with E-state index in [2.05, 4.69) is 9.44 Å². The number of benzene rings is 3. The molecule has 0 aliphatic carbocycles. The third kappa shape index (κ3) is 4.47. The maximum absolute atomic E-state index is 12.7. The summed E-state index contributed by atoms with van der Waals surface area (Å²) < 4.78 is 55.6. The van der Waals surface area contributed by atoms with Crippen molar-refractivity contribution in [2.24, 2.45) is 0 Å². The molecule has 27 heavy (non-hydrogen) atoms. The molecule has 0 radical (unpaired) electrons. The molecule has 0 amide bonds. The summed E-state index contributed by atoms with van der Waals surface area (Å²) in [5, 5.41) is 0. The number of rotatable bonds is 6. The first-order valence-electron chi connectivity index (χ1n) is 8.04. The first-order valence-corrected chi connectivity index (χ1v) is 11.0. The minimum Gasteiger partial charge on any atom is -0.280 e. The van der Waals surface area contributed by atoms with Gasteiger partial charge < -0.3 is 0 Å². The van der Waals surface area contributed by atoms with Crippen molar-refractivity contribution in [3.05, 3.63) is 84.4 Å². The van der Waals surface area contributed by atoms with Crippen molar-refractivity contribution in [3.63, 3.8) is 0 Å². The molecule has 140 valence electrons. The van der Waals surface area contributed by atoms with Crippen molar-refractivity contribution in [1.29, 1.82) is 0 Å². The van der Waals surface area contributed by atoms with Gasteiger partial charge >= 0.3 is 0 Å². The number of hydrogen-bond acceptors (Lipinski definition) is 4. The van der Waals surface area contributed by atoms with Gasteiger partial charge in [0.05, 0.1) is 9.79 Å². The number of sulfonamides is 2. The second kappa shape index (κ2) is 7.42. The molecule has 6 nitrogen and oxygen atoms in total. The SMILES string of the molecule is Cc1ccc(S(=O)(=O)Nc2ccccc2)cc1S(=O)(=O)Nc1ccccc1. The molecule has 8 heteroatoms. The lowest BCUT2D eigenvalue weighted by atomic mass is 10.2. The zero-order valence-corrected chi connectivity index (χ0v) is 16.1. The minimum absolute atomic E-state index is 0.0951. The summed E-state index contributed by atoms with van der Waals surface area (Å²) in [6.07, 6.45) is 0. The van der Waals surface area contributed by atoms with Gasteiger partial charge in [-0.05, 0) is 48.9 Å². The molecule has 2 N–H and O–H groups in total.